The molecule has 0 heterocycles. The number of nitrogens with one attached hydrogen (secondary N) is 1. The third-order valence-electron chi connectivity index (χ3n) is 4.77. The van der Waals surface area contributed by atoms with Crippen LogP contribution in [0.25, 0.3) is 0 Å². The Labute approximate surface area is 197 Å². The summed E-state index contributed by atoms with van der Waals surface area (Å²) in [5.74, 6) is -0.0307. The van der Waals surface area contributed by atoms with E-state index in [1.54, 1.807) is 30.3 Å². The monoisotopic (exact) mass is 470 g/mol. The second-order valence-electron chi connectivity index (χ2n) is 7.15. The topological polar surface area (TPSA) is 58.6 Å². The van der Waals surface area contributed by atoms with Gasteiger partial charge in [0.05, 0.1) is 17.3 Å². The van der Waals surface area contributed by atoms with Gasteiger partial charge in [-0.1, -0.05) is 83.9 Å². The summed E-state index contributed by atoms with van der Waals surface area (Å²) in [6.07, 6.45) is 0.104. The summed E-state index contributed by atoms with van der Waals surface area (Å²) in [5.41, 5.74) is 2.22. The lowest BCUT2D eigenvalue weighted by molar-refractivity contribution is 0.0998. The molecule has 0 radical (unpaired) electrons. The highest BCUT2D eigenvalue weighted by Crippen LogP contribution is 2.29. The highest BCUT2D eigenvalue weighted by Gasteiger charge is 2.16. The Morgan fingerprint density at radius 1 is 0.906 bits per heavy atom. The van der Waals surface area contributed by atoms with Crippen LogP contribution in [0.3, 0.4) is 0 Å². The lowest BCUT2D eigenvalue weighted by Gasteiger charge is -2.25. The van der Waals surface area contributed by atoms with Crippen molar-refractivity contribution in [2.24, 2.45) is 0 Å². The minimum Gasteiger partial charge on any atom is -0.445 e. The number of rotatable bonds is 10. The Morgan fingerprint density at radius 3 is 2.31 bits per heavy atom. The van der Waals surface area contributed by atoms with Crippen LogP contribution >= 0.6 is 23.2 Å². The van der Waals surface area contributed by atoms with Gasteiger partial charge >= 0.3 is 6.09 Å². The van der Waals surface area contributed by atoms with E-state index in [4.69, 9.17) is 27.9 Å². The SMILES string of the molecule is O=C(NCCCN(CC(=O)c1ccccc1)c1cc(Cl)ccc1Cl)OCc1ccccc1. The Morgan fingerprint density at radius 2 is 1.59 bits per heavy atom. The predicted molar refractivity (Wildman–Crippen MR) is 129 cm³/mol. The van der Waals surface area contributed by atoms with E-state index in [1.807, 2.05) is 53.4 Å². The lowest BCUT2D eigenvalue weighted by Crippen LogP contribution is -2.34. The molecule has 0 spiro atoms. The zero-order valence-electron chi connectivity index (χ0n) is 17.5. The van der Waals surface area contributed by atoms with E-state index in [1.165, 1.54) is 0 Å². The molecule has 0 aliphatic heterocycles. The van der Waals surface area contributed by atoms with E-state index in [2.05, 4.69) is 5.32 Å². The summed E-state index contributed by atoms with van der Waals surface area (Å²) < 4.78 is 5.22. The van der Waals surface area contributed by atoms with Gasteiger partial charge in [0.25, 0.3) is 0 Å². The van der Waals surface area contributed by atoms with Crippen LogP contribution in [0.1, 0.15) is 22.3 Å². The Balaban J connectivity index is 1.56. The second-order valence-corrected chi connectivity index (χ2v) is 7.99. The molecule has 7 heteroatoms. The number of carbonyl (C=O) groups excluding carboxylic acids is 2. The quantitative estimate of drug-likeness (QED) is 0.291. The van der Waals surface area contributed by atoms with Crippen molar-refractivity contribution in [1.29, 1.82) is 0 Å². The number of halogens is 2. The van der Waals surface area contributed by atoms with Crippen molar-refractivity contribution in [3.05, 3.63) is 100 Å². The van der Waals surface area contributed by atoms with Gasteiger partial charge in [-0.2, -0.15) is 0 Å². The van der Waals surface area contributed by atoms with Gasteiger partial charge in [0, 0.05) is 23.7 Å². The molecule has 0 aliphatic carbocycles. The van der Waals surface area contributed by atoms with Crippen LogP contribution < -0.4 is 10.2 Å². The van der Waals surface area contributed by atoms with Gasteiger partial charge in [0.15, 0.2) is 5.78 Å². The van der Waals surface area contributed by atoms with Gasteiger partial charge in [-0.15, -0.1) is 0 Å². The first-order chi connectivity index (χ1) is 15.5. The molecule has 0 fully saturated rings. The van der Waals surface area contributed by atoms with Crippen molar-refractivity contribution in [1.82, 2.24) is 5.32 Å². The van der Waals surface area contributed by atoms with Crippen LogP contribution in [0.2, 0.25) is 10.0 Å². The van der Waals surface area contributed by atoms with Crippen molar-refractivity contribution in [3.8, 4) is 0 Å². The summed E-state index contributed by atoms with van der Waals surface area (Å²) >= 11 is 12.5. The molecular formula is C25H24Cl2N2O3. The summed E-state index contributed by atoms with van der Waals surface area (Å²) in [6.45, 7) is 1.24. The van der Waals surface area contributed by atoms with Crippen LogP contribution in [0.4, 0.5) is 10.5 Å². The lowest BCUT2D eigenvalue weighted by atomic mass is 10.1. The minimum atomic E-state index is -0.485. The van der Waals surface area contributed by atoms with E-state index >= 15 is 0 Å². The van der Waals surface area contributed by atoms with Gasteiger partial charge in [-0.25, -0.2) is 4.79 Å². The summed E-state index contributed by atoms with van der Waals surface area (Å²) in [4.78, 5) is 26.6. The van der Waals surface area contributed by atoms with Gasteiger partial charge in [-0.3, -0.25) is 4.79 Å². The molecule has 32 heavy (non-hydrogen) atoms. The molecule has 0 atom stereocenters. The molecule has 1 amide bonds. The van der Waals surface area contributed by atoms with Crippen LogP contribution in [-0.2, 0) is 11.3 Å². The normalized spacial score (nSPS) is 10.4. The van der Waals surface area contributed by atoms with Crippen LogP contribution in [0.15, 0.2) is 78.9 Å². The fourth-order valence-corrected chi connectivity index (χ4v) is 3.54. The van der Waals surface area contributed by atoms with Crippen molar-refractivity contribution in [2.75, 3.05) is 24.5 Å². The Kier molecular flexibility index (Phi) is 8.96. The number of benzene rings is 3. The van der Waals surface area contributed by atoms with E-state index in [0.29, 0.717) is 40.8 Å². The van der Waals surface area contributed by atoms with Crippen molar-refractivity contribution in [2.45, 2.75) is 13.0 Å². The van der Waals surface area contributed by atoms with Crippen molar-refractivity contribution < 1.29 is 14.3 Å². The maximum absolute atomic E-state index is 12.8. The van der Waals surface area contributed by atoms with Gasteiger partial charge in [0.2, 0.25) is 0 Å². The molecule has 0 unspecified atom stereocenters. The first-order valence-electron chi connectivity index (χ1n) is 10.3. The molecule has 3 rings (SSSR count). The molecule has 3 aromatic carbocycles. The minimum absolute atomic E-state index is 0.0307. The maximum Gasteiger partial charge on any atom is 0.407 e. The molecule has 0 aliphatic rings. The van der Waals surface area contributed by atoms with E-state index < -0.39 is 6.09 Å². The van der Waals surface area contributed by atoms with Crippen LogP contribution in [-0.4, -0.2) is 31.5 Å². The molecule has 0 aromatic heterocycles. The number of alkyl carbamates (subject to hydrolysis) is 1. The zero-order valence-corrected chi connectivity index (χ0v) is 19.0. The number of carbonyl (C=O) groups is 2. The number of amides is 1. The number of ketones is 1. The zero-order chi connectivity index (χ0) is 22.8. The van der Waals surface area contributed by atoms with Crippen LogP contribution in [0, 0.1) is 0 Å². The first kappa shape index (κ1) is 23.6. The first-order valence-corrected chi connectivity index (χ1v) is 11.0. The number of ether oxygens (including phenoxy) is 1. The summed E-state index contributed by atoms with van der Waals surface area (Å²) in [7, 11) is 0. The number of anilines is 1. The Bertz CT molecular complexity index is 1030. The average molecular weight is 471 g/mol. The third-order valence-corrected chi connectivity index (χ3v) is 5.32. The molecule has 5 nitrogen and oxygen atoms in total. The predicted octanol–water partition coefficient (Wildman–Crippen LogP) is 6.00. The van der Waals surface area contributed by atoms with Gasteiger partial charge in [-0.05, 0) is 30.2 Å². The largest absolute Gasteiger partial charge is 0.445 e. The molecule has 0 saturated heterocycles. The fourth-order valence-electron chi connectivity index (χ4n) is 3.14. The molecule has 166 valence electrons. The molecule has 3 aromatic rings. The van der Waals surface area contributed by atoms with E-state index in [9.17, 15) is 9.59 Å². The fraction of sp³-hybridized carbons (Fsp3) is 0.200. The maximum atomic E-state index is 12.8. The second kappa shape index (κ2) is 12.1. The summed E-state index contributed by atoms with van der Waals surface area (Å²) in [5, 5.41) is 3.78. The Hall–Kier alpha value is -3.02. The number of nitrogens with zero attached hydrogens (tertiary/aromatic N) is 1. The molecule has 0 bridgehead atoms. The number of hydrogen-bond acceptors (Lipinski definition) is 4. The van der Waals surface area contributed by atoms with Gasteiger partial charge < -0.3 is 15.0 Å². The average Bonchev–Trinajstić information content (AvgIpc) is 2.82. The van der Waals surface area contributed by atoms with E-state index in [-0.39, 0.29) is 18.9 Å². The standard InChI is InChI=1S/C25H24Cl2N2O3/c26-21-12-13-22(27)23(16-21)29(17-24(30)20-10-5-2-6-11-20)15-7-14-28-25(31)32-18-19-8-3-1-4-9-19/h1-6,8-13,16H,7,14-15,17-18H2,(H,28,31). The highest BCUT2D eigenvalue weighted by atomic mass is 35.5. The summed E-state index contributed by atoms with van der Waals surface area (Å²) in [6, 6.07) is 23.7. The smallest absolute Gasteiger partial charge is 0.407 e. The molecular weight excluding hydrogens is 447 g/mol. The molecule has 1 N–H and O–H groups in total. The third kappa shape index (κ3) is 7.29. The van der Waals surface area contributed by atoms with E-state index in [0.717, 1.165) is 5.56 Å². The van der Waals surface area contributed by atoms with Crippen LogP contribution in [0.5, 0.6) is 0 Å². The number of hydrogen-bond donors (Lipinski definition) is 1. The van der Waals surface area contributed by atoms with Crippen molar-refractivity contribution >= 4 is 40.8 Å². The molecule has 0 saturated carbocycles. The van der Waals surface area contributed by atoms with Gasteiger partial charge in [0.1, 0.15) is 6.61 Å². The highest BCUT2D eigenvalue weighted by molar-refractivity contribution is 6.35. The van der Waals surface area contributed by atoms with Crippen molar-refractivity contribution in [3.63, 3.8) is 0 Å². The number of Topliss-reactive ketones (excluding diaryl/α,β-unsaturated/α-hetero) is 1.